The van der Waals surface area contributed by atoms with Gasteiger partial charge in [-0.05, 0) is 41.5 Å². The Hall–Kier alpha value is -1.16. The summed E-state index contributed by atoms with van der Waals surface area (Å²) >= 11 is 7.86. The molecule has 3 rings (SSSR count). The topological polar surface area (TPSA) is 32.3 Å². The minimum atomic E-state index is 0.134. The van der Waals surface area contributed by atoms with Crippen LogP contribution in [0.1, 0.15) is 23.6 Å². The fraction of sp³-hybridized carbons (Fsp3) is 0.250. The van der Waals surface area contributed by atoms with E-state index in [1.807, 2.05) is 23.9 Å². The number of phenols is 1. The third kappa shape index (κ3) is 2.95. The van der Waals surface area contributed by atoms with Gasteiger partial charge in [-0.1, -0.05) is 35.9 Å². The number of fused-ring (bicyclic) bond motifs is 1. The summed E-state index contributed by atoms with van der Waals surface area (Å²) in [5.74, 6) is 1.28. The van der Waals surface area contributed by atoms with E-state index in [0.717, 1.165) is 24.3 Å². The molecule has 2 nitrogen and oxygen atoms in total. The first-order valence-electron chi connectivity index (χ1n) is 6.66. The molecule has 2 aromatic carbocycles. The highest BCUT2D eigenvalue weighted by atomic mass is 35.5. The number of nitrogens with one attached hydrogen (secondary N) is 1. The zero-order valence-electron chi connectivity index (χ0n) is 11.0. The maximum atomic E-state index is 9.44. The van der Waals surface area contributed by atoms with Crippen molar-refractivity contribution in [2.75, 3.05) is 5.75 Å². The number of rotatable bonds is 3. The molecule has 2 aromatic rings. The van der Waals surface area contributed by atoms with E-state index in [1.54, 1.807) is 6.07 Å². The minimum Gasteiger partial charge on any atom is -0.506 e. The van der Waals surface area contributed by atoms with Crippen molar-refractivity contribution in [1.82, 2.24) is 5.32 Å². The smallest absolute Gasteiger partial charge is 0.134 e. The van der Waals surface area contributed by atoms with Crippen molar-refractivity contribution in [1.29, 1.82) is 0 Å². The van der Waals surface area contributed by atoms with Crippen LogP contribution in [0.4, 0.5) is 0 Å². The molecular formula is C16H16ClNOS. The van der Waals surface area contributed by atoms with Crippen molar-refractivity contribution in [3.8, 4) is 5.75 Å². The molecule has 104 valence electrons. The summed E-state index contributed by atoms with van der Waals surface area (Å²) in [6.45, 7) is 0.754. The summed E-state index contributed by atoms with van der Waals surface area (Å²) in [6, 6.07) is 14.3. The van der Waals surface area contributed by atoms with Crippen molar-refractivity contribution in [3.63, 3.8) is 0 Å². The second kappa shape index (κ2) is 6.08. The lowest BCUT2D eigenvalue weighted by Gasteiger charge is -2.26. The molecule has 0 aliphatic carbocycles. The Morgan fingerprint density at radius 3 is 2.95 bits per heavy atom. The van der Waals surface area contributed by atoms with Crippen LogP contribution >= 0.6 is 23.4 Å². The molecule has 0 amide bonds. The van der Waals surface area contributed by atoms with Gasteiger partial charge in [-0.25, -0.2) is 0 Å². The van der Waals surface area contributed by atoms with Crippen LogP contribution in [0.2, 0.25) is 5.02 Å². The second-order valence-electron chi connectivity index (χ2n) is 4.89. The molecule has 0 spiro atoms. The number of thioether (sulfide) groups is 1. The Morgan fingerprint density at radius 1 is 1.25 bits per heavy atom. The van der Waals surface area contributed by atoms with E-state index in [9.17, 15) is 5.11 Å². The zero-order chi connectivity index (χ0) is 13.9. The standard InChI is InChI=1S/C16H16ClNOS/c17-13-9-11(5-6-15(13)19)10-18-14-7-8-20-16-4-2-1-3-12(14)16/h1-6,9,14,18-19H,7-8,10H2. The quantitative estimate of drug-likeness (QED) is 0.883. The number of halogens is 1. The van der Waals surface area contributed by atoms with Crippen LogP contribution < -0.4 is 5.32 Å². The zero-order valence-corrected chi connectivity index (χ0v) is 12.5. The summed E-state index contributed by atoms with van der Waals surface area (Å²) in [4.78, 5) is 1.37. The van der Waals surface area contributed by atoms with Crippen LogP contribution in [-0.4, -0.2) is 10.9 Å². The minimum absolute atomic E-state index is 0.134. The van der Waals surface area contributed by atoms with Crippen LogP contribution in [0.3, 0.4) is 0 Å². The molecule has 0 aromatic heterocycles. The largest absolute Gasteiger partial charge is 0.506 e. The molecule has 20 heavy (non-hydrogen) atoms. The lowest BCUT2D eigenvalue weighted by atomic mass is 10.0. The highest BCUT2D eigenvalue weighted by Gasteiger charge is 2.19. The van der Waals surface area contributed by atoms with E-state index < -0.39 is 0 Å². The van der Waals surface area contributed by atoms with Crippen molar-refractivity contribution in [2.45, 2.75) is 23.9 Å². The average molecular weight is 306 g/mol. The fourth-order valence-corrected chi connectivity index (χ4v) is 3.78. The van der Waals surface area contributed by atoms with E-state index in [4.69, 9.17) is 11.6 Å². The molecule has 1 heterocycles. The third-order valence-electron chi connectivity index (χ3n) is 3.52. The maximum Gasteiger partial charge on any atom is 0.134 e. The second-order valence-corrected chi connectivity index (χ2v) is 6.44. The van der Waals surface area contributed by atoms with Crippen LogP contribution in [0, 0.1) is 0 Å². The Labute approximate surface area is 128 Å². The summed E-state index contributed by atoms with van der Waals surface area (Å²) < 4.78 is 0. The SMILES string of the molecule is Oc1ccc(CNC2CCSc3ccccc32)cc1Cl. The van der Waals surface area contributed by atoms with E-state index >= 15 is 0 Å². The van der Waals surface area contributed by atoms with E-state index in [2.05, 4.69) is 29.6 Å². The van der Waals surface area contributed by atoms with Crippen LogP contribution in [0.15, 0.2) is 47.4 Å². The van der Waals surface area contributed by atoms with Crippen molar-refractivity contribution in [2.24, 2.45) is 0 Å². The average Bonchev–Trinajstić information content (AvgIpc) is 2.48. The lowest BCUT2D eigenvalue weighted by Crippen LogP contribution is -2.24. The summed E-state index contributed by atoms with van der Waals surface area (Å²) in [7, 11) is 0. The molecular weight excluding hydrogens is 290 g/mol. The van der Waals surface area contributed by atoms with Crippen molar-refractivity contribution < 1.29 is 5.11 Å². The number of hydrogen-bond acceptors (Lipinski definition) is 3. The van der Waals surface area contributed by atoms with Gasteiger partial charge in [0.1, 0.15) is 5.75 Å². The van der Waals surface area contributed by atoms with E-state index in [1.165, 1.54) is 10.5 Å². The lowest BCUT2D eigenvalue weighted by molar-refractivity contribution is 0.474. The predicted octanol–water partition coefficient (Wildman–Crippen LogP) is 4.37. The van der Waals surface area contributed by atoms with Gasteiger partial charge in [-0.2, -0.15) is 0 Å². The van der Waals surface area contributed by atoms with Gasteiger partial charge in [-0.15, -0.1) is 11.8 Å². The van der Waals surface area contributed by atoms with Gasteiger partial charge in [0.05, 0.1) is 5.02 Å². The van der Waals surface area contributed by atoms with Gasteiger partial charge < -0.3 is 10.4 Å². The fourth-order valence-electron chi connectivity index (χ4n) is 2.46. The molecule has 1 aliphatic heterocycles. The molecule has 4 heteroatoms. The number of hydrogen-bond donors (Lipinski definition) is 2. The molecule has 0 saturated heterocycles. The molecule has 1 atom stereocenters. The molecule has 1 aliphatic rings. The van der Waals surface area contributed by atoms with Gasteiger partial charge in [0, 0.05) is 17.5 Å². The Morgan fingerprint density at radius 2 is 2.10 bits per heavy atom. The third-order valence-corrected chi connectivity index (χ3v) is 4.95. The monoisotopic (exact) mass is 305 g/mol. The molecule has 2 N–H and O–H groups in total. The van der Waals surface area contributed by atoms with E-state index in [0.29, 0.717) is 11.1 Å². The Kier molecular flexibility index (Phi) is 4.20. The first-order chi connectivity index (χ1) is 9.74. The van der Waals surface area contributed by atoms with Gasteiger partial charge in [-0.3, -0.25) is 0 Å². The van der Waals surface area contributed by atoms with Crippen LogP contribution in [0.5, 0.6) is 5.75 Å². The van der Waals surface area contributed by atoms with Crippen LogP contribution in [-0.2, 0) is 6.54 Å². The van der Waals surface area contributed by atoms with Gasteiger partial charge >= 0.3 is 0 Å². The van der Waals surface area contributed by atoms with Gasteiger partial charge in [0.2, 0.25) is 0 Å². The molecule has 1 unspecified atom stereocenters. The maximum absolute atomic E-state index is 9.44. The Bertz CT molecular complexity index is 617. The number of phenolic OH excluding ortho intramolecular Hbond substituents is 1. The van der Waals surface area contributed by atoms with Gasteiger partial charge in [0.25, 0.3) is 0 Å². The first-order valence-corrected chi connectivity index (χ1v) is 8.03. The predicted molar refractivity (Wildman–Crippen MR) is 84.5 cm³/mol. The molecule has 0 fully saturated rings. The first kappa shape index (κ1) is 13.8. The van der Waals surface area contributed by atoms with Crippen molar-refractivity contribution >= 4 is 23.4 Å². The summed E-state index contributed by atoms with van der Waals surface area (Å²) in [6.07, 6.45) is 1.13. The van der Waals surface area contributed by atoms with Crippen LogP contribution in [0.25, 0.3) is 0 Å². The molecule has 0 saturated carbocycles. The Balaban J connectivity index is 1.71. The molecule has 0 radical (unpaired) electrons. The number of benzene rings is 2. The van der Waals surface area contributed by atoms with Crippen molar-refractivity contribution in [3.05, 3.63) is 58.6 Å². The normalized spacial score (nSPS) is 17.8. The highest BCUT2D eigenvalue weighted by Crippen LogP contribution is 2.36. The molecule has 0 bridgehead atoms. The summed E-state index contributed by atoms with van der Waals surface area (Å²) in [5, 5.41) is 13.4. The van der Waals surface area contributed by atoms with E-state index in [-0.39, 0.29) is 5.75 Å². The summed E-state index contributed by atoms with van der Waals surface area (Å²) in [5.41, 5.74) is 2.47. The highest BCUT2D eigenvalue weighted by molar-refractivity contribution is 7.99. The van der Waals surface area contributed by atoms with Gasteiger partial charge in [0.15, 0.2) is 0 Å². The number of aromatic hydroxyl groups is 1.